The number of hydrogen-bond acceptors (Lipinski definition) is 6. The first kappa shape index (κ1) is 14.8. The van der Waals surface area contributed by atoms with Crippen LogP contribution in [0.15, 0.2) is 5.16 Å². The zero-order valence-electron chi connectivity index (χ0n) is 12.1. The van der Waals surface area contributed by atoms with Gasteiger partial charge in [0, 0.05) is 13.2 Å². The Kier molecular flexibility index (Phi) is 5.09. The number of rotatable bonds is 4. The standard InChI is InChI=1S/C14H21N5OS/c15-10-13(11-4-2-1-3-5-11)21-14-16-17-18-19(14)12-6-8-20-9-7-12/h11-13H,1-9H2/t13-/m1/s1. The Balaban J connectivity index is 1.68. The summed E-state index contributed by atoms with van der Waals surface area (Å²) in [6.45, 7) is 1.53. The summed E-state index contributed by atoms with van der Waals surface area (Å²) in [7, 11) is 0. The van der Waals surface area contributed by atoms with Crippen LogP contribution in [0.4, 0.5) is 0 Å². The highest BCUT2D eigenvalue weighted by molar-refractivity contribution is 8.00. The summed E-state index contributed by atoms with van der Waals surface area (Å²) >= 11 is 1.55. The number of hydrogen-bond donors (Lipinski definition) is 0. The van der Waals surface area contributed by atoms with Crippen molar-refractivity contribution in [2.45, 2.75) is 61.4 Å². The molecule has 7 heteroatoms. The van der Waals surface area contributed by atoms with Crippen LogP contribution in [-0.4, -0.2) is 38.7 Å². The van der Waals surface area contributed by atoms with Gasteiger partial charge in [-0.1, -0.05) is 31.0 Å². The van der Waals surface area contributed by atoms with E-state index in [0.717, 1.165) is 44.1 Å². The van der Waals surface area contributed by atoms with Gasteiger partial charge >= 0.3 is 0 Å². The minimum Gasteiger partial charge on any atom is -0.381 e. The molecule has 0 amide bonds. The van der Waals surface area contributed by atoms with E-state index in [1.807, 2.05) is 4.68 Å². The van der Waals surface area contributed by atoms with Crippen molar-refractivity contribution in [2.24, 2.45) is 5.92 Å². The Morgan fingerprint density at radius 3 is 2.67 bits per heavy atom. The maximum absolute atomic E-state index is 9.51. The third-order valence-electron chi connectivity index (χ3n) is 4.44. The van der Waals surface area contributed by atoms with E-state index in [9.17, 15) is 5.26 Å². The first-order valence-electron chi connectivity index (χ1n) is 7.80. The second-order valence-corrected chi connectivity index (χ2v) is 6.92. The van der Waals surface area contributed by atoms with Gasteiger partial charge in [-0.15, -0.1) is 5.10 Å². The third kappa shape index (κ3) is 3.55. The number of nitrogens with zero attached hydrogens (tertiary/aromatic N) is 5. The van der Waals surface area contributed by atoms with Gasteiger partial charge < -0.3 is 4.74 Å². The van der Waals surface area contributed by atoms with Crippen LogP contribution in [0, 0.1) is 17.2 Å². The van der Waals surface area contributed by atoms with E-state index < -0.39 is 0 Å². The molecule has 6 nitrogen and oxygen atoms in total. The summed E-state index contributed by atoms with van der Waals surface area (Å²) in [5.41, 5.74) is 0. The van der Waals surface area contributed by atoms with E-state index in [1.165, 1.54) is 19.3 Å². The molecule has 1 atom stereocenters. The molecule has 0 bridgehead atoms. The Bertz CT molecular complexity index is 488. The van der Waals surface area contributed by atoms with Crippen LogP contribution in [0.5, 0.6) is 0 Å². The molecule has 21 heavy (non-hydrogen) atoms. The molecule has 0 aromatic carbocycles. The fourth-order valence-corrected chi connectivity index (χ4v) is 4.32. The van der Waals surface area contributed by atoms with Gasteiger partial charge in [0.1, 0.15) is 5.25 Å². The number of nitriles is 1. The fourth-order valence-electron chi connectivity index (χ4n) is 3.20. The minimum atomic E-state index is -0.0325. The van der Waals surface area contributed by atoms with Gasteiger partial charge in [0.25, 0.3) is 0 Å². The van der Waals surface area contributed by atoms with Crippen molar-refractivity contribution in [3.8, 4) is 6.07 Å². The quantitative estimate of drug-likeness (QED) is 0.796. The van der Waals surface area contributed by atoms with Crippen molar-refractivity contribution >= 4 is 11.8 Å². The largest absolute Gasteiger partial charge is 0.381 e. The molecule has 2 heterocycles. The zero-order valence-corrected chi connectivity index (χ0v) is 13.0. The van der Waals surface area contributed by atoms with Crippen LogP contribution in [0.3, 0.4) is 0 Å². The van der Waals surface area contributed by atoms with Crippen LogP contribution in [-0.2, 0) is 4.74 Å². The molecule has 114 valence electrons. The highest BCUT2D eigenvalue weighted by Crippen LogP contribution is 2.36. The van der Waals surface area contributed by atoms with Crippen molar-refractivity contribution in [2.75, 3.05) is 13.2 Å². The number of tetrazole rings is 1. The van der Waals surface area contributed by atoms with E-state index in [0.29, 0.717) is 12.0 Å². The molecule has 0 spiro atoms. The zero-order chi connectivity index (χ0) is 14.5. The van der Waals surface area contributed by atoms with Gasteiger partial charge in [0.2, 0.25) is 5.16 Å². The lowest BCUT2D eigenvalue weighted by atomic mass is 9.87. The maximum atomic E-state index is 9.51. The van der Waals surface area contributed by atoms with Gasteiger partial charge in [-0.05, 0) is 42.0 Å². The summed E-state index contributed by atoms with van der Waals surface area (Å²) in [5.74, 6) is 0.480. The van der Waals surface area contributed by atoms with Gasteiger partial charge in [0.15, 0.2) is 0 Å². The average molecular weight is 307 g/mol. The average Bonchev–Trinajstić information content (AvgIpc) is 3.02. The summed E-state index contributed by atoms with van der Waals surface area (Å²) in [5, 5.41) is 22.4. The highest BCUT2D eigenvalue weighted by atomic mass is 32.2. The summed E-state index contributed by atoms with van der Waals surface area (Å²) in [6.07, 6.45) is 7.99. The molecular weight excluding hydrogens is 286 g/mol. The van der Waals surface area contributed by atoms with Crippen molar-refractivity contribution in [3.63, 3.8) is 0 Å². The van der Waals surface area contributed by atoms with E-state index in [-0.39, 0.29) is 5.25 Å². The molecule has 1 saturated heterocycles. The van der Waals surface area contributed by atoms with E-state index in [2.05, 4.69) is 21.6 Å². The van der Waals surface area contributed by atoms with Crippen molar-refractivity contribution < 1.29 is 4.74 Å². The van der Waals surface area contributed by atoms with Gasteiger partial charge in [-0.3, -0.25) is 0 Å². The summed E-state index contributed by atoms with van der Waals surface area (Å²) in [4.78, 5) is 0. The summed E-state index contributed by atoms with van der Waals surface area (Å²) in [6, 6.07) is 2.78. The third-order valence-corrected chi connectivity index (χ3v) is 5.66. The van der Waals surface area contributed by atoms with Crippen molar-refractivity contribution in [1.82, 2.24) is 20.2 Å². The molecule has 1 aromatic heterocycles. The molecule has 1 saturated carbocycles. The topological polar surface area (TPSA) is 76.6 Å². The van der Waals surface area contributed by atoms with Crippen LogP contribution in [0.1, 0.15) is 51.0 Å². The molecule has 0 unspecified atom stereocenters. The maximum Gasteiger partial charge on any atom is 0.210 e. The second kappa shape index (κ2) is 7.23. The lowest BCUT2D eigenvalue weighted by molar-refractivity contribution is 0.0631. The molecule has 2 aliphatic rings. The predicted octanol–water partition coefficient (Wildman–Crippen LogP) is 2.59. The van der Waals surface area contributed by atoms with E-state index >= 15 is 0 Å². The Labute approximate surface area is 129 Å². The first-order chi connectivity index (χ1) is 10.4. The lowest BCUT2D eigenvalue weighted by Gasteiger charge is -2.26. The number of ether oxygens (including phenoxy) is 1. The Morgan fingerprint density at radius 1 is 1.19 bits per heavy atom. The van der Waals surface area contributed by atoms with Gasteiger partial charge in [-0.25, -0.2) is 4.68 Å². The van der Waals surface area contributed by atoms with E-state index in [4.69, 9.17) is 4.74 Å². The molecule has 2 fully saturated rings. The first-order valence-corrected chi connectivity index (χ1v) is 8.68. The number of aromatic nitrogens is 4. The van der Waals surface area contributed by atoms with Crippen molar-refractivity contribution in [3.05, 3.63) is 0 Å². The van der Waals surface area contributed by atoms with Gasteiger partial charge in [0.05, 0.1) is 12.1 Å². The normalized spacial score (nSPS) is 22.8. The molecular formula is C14H21N5OS. The van der Waals surface area contributed by atoms with Crippen LogP contribution in [0.25, 0.3) is 0 Å². The molecule has 1 aliphatic heterocycles. The second-order valence-electron chi connectivity index (χ2n) is 5.82. The molecule has 1 aliphatic carbocycles. The summed E-state index contributed by atoms with van der Waals surface area (Å²) < 4.78 is 7.30. The molecule has 0 N–H and O–H groups in total. The fraction of sp³-hybridized carbons (Fsp3) is 0.857. The van der Waals surface area contributed by atoms with Crippen LogP contribution >= 0.6 is 11.8 Å². The van der Waals surface area contributed by atoms with E-state index in [1.54, 1.807) is 11.8 Å². The Morgan fingerprint density at radius 2 is 1.95 bits per heavy atom. The van der Waals surface area contributed by atoms with Crippen molar-refractivity contribution in [1.29, 1.82) is 5.26 Å². The minimum absolute atomic E-state index is 0.0325. The van der Waals surface area contributed by atoms with Crippen LogP contribution in [0.2, 0.25) is 0 Å². The molecule has 1 aromatic rings. The number of thioether (sulfide) groups is 1. The lowest BCUT2D eigenvalue weighted by Crippen LogP contribution is -2.23. The predicted molar refractivity (Wildman–Crippen MR) is 78.7 cm³/mol. The van der Waals surface area contributed by atoms with Gasteiger partial charge in [-0.2, -0.15) is 5.26 Å². The highest BCUT2D eigenvalue weighted by Gasteiger charge is 2.28. The molecule has 0 radical (unpaired) electrons. The SMILES string of the molecule is N#C[C@@H](Sc1nnnn1C1CCOCC1)C1CCCCC1. The monoisotopic (exact) mass is 307 g/mol. The molecule has 3 rings (SSSR count). The van der Waals surface area contributed by atoms with Crippen LogP contribution < -0.4 is 0 Å². The Hall–Kier alpha value is -1.13. The smallest absolute Gasteiger partial charge is 0.210 e.